The van der Waals surface area contributed by atoms with Crippen LogP contribution in [0.4, 0.5) is 5.69 Å². The second kappa shape index (κ2) is 9.06. The van der Waals surface area contributed by atoms with Gasteiger partial charge in [-0.05, 0) is 85.4 Å². The summed E-state index contributed by atoms with van der Waals surface area (Å²) in [6.45, 7) is 11.3. The molecule has 1 spiro atoms. The van der Waals surface area contributed by atoms with Gasteiger partial charge in [-0.3, -0.25) is 4.79 Å². The van der Waals surface area contributed by atoms with Crippen molar-refractivity contribution in [3.8, 4) is 11.4 Å². The zero-order valence-corrected chi connectivity index (χ0v) is 23.9. The minimum absolute atomic E-state index is 0.314. The van der Waals surface area contributed by atoms with Crippen molar-refractivity contribution in [1.29, 1.82) is 0 Å². The predicted molar refractivity (Wildman–Crippen MR) is 152 cm³/mol. The molecule has 6 nitrogen and oxygen atoms in total. The first-order chi connectivity index (χ1) is 17.3. The lowest BCUT2D eigenvalue weighted by molar-refractivity contribution is -0.123. The zero-order valence-electron chi connectivity index (χ0n) is 22.1. The minimum Gasteiger partial charge on any atom is -0.360 e. The molecule has 1 fully saturated rings. The number of anilines is 1. The molecule has 0 unspecified atom stereocenters. The summed E-state index contributed by atoms with van der Waals surface area (Å²) in [7, 11) is -1.10. The molecule has 3 aromatic rings. The van der Waals surface area contributed by atoms with E-state index in [4.69, 9.17) is 9.84 Å². The van der Waals surface area contributed by atoms with Gasteiger partial charge >= 0.3 is 0 Å². The summed E-state index contributed by atoms with van der Waals surface area (Å²) in [5, 5.41) is 6.25. The molecule has 2 aromatic heterocycles. The number of nitrogens with zero attached hydrogens (tertiary/aromatic N) is 3. The van der Waals surface area contributed by atoms with Crippen LogP contribution in [-0.4, -0.2) is 53.4 Å². The van der Waals surface area contributed by atoms with Crippen LogP contribution in [0.15, 0.2) is 18.3 Å². The molecule has 1 amide bonds. The highest BCUT2D eigenvalue weighted by molar-refractivity contribution is 7.99. The standard InChI is InChI=1S/C28H38N4O2SSi/c1-5-32-24-15-21-20-8-6-7-19-17-31(18-34-11-14-36(2,3)4)30-25(19)26(20)29-23(21)16-22(24)28(27(32)33)9-12-35-13-10-28/h15-17,29H,5-14,18H2,1-4H3. The minimum atomic E-state index is -1.10. The number of likely N-dealkylation sites (N-methyl/N-ethyl adjacent to an activating group) is 1. The number of aromatic amines is 1. The van der Waals surface area contributed by atoms with Crippen LogP contribution >= 0.6 is 11.8 Å². The number of thioether (sulfide) groups is 1. The highest BCUT2D eigenvalue weighted by Gasteiger charge is 2.51. The smallest absolute Gasteiger partial charge is 0.237 e. The van der Waals surface area contributed by atoms with Crippen LogP contribution in [0.3, 0.4) is 0 Å². The number of nitrogens with one attached hydrogen (secondary N) is 1. The number of aryl methyl sites for hydroxylation is 2. The Morgan fingerprint density at radius 1 is 1.19 bits per heavy atom. The molecule has 1 aliphatic carbocycles. The fraction of sp³-hybridized carbons (Fsp3) is 0.571. The molecule has 2 aliphatic heterocycles. The Hall–Kier alpha value is -2.03. The van der Waals surface area contributed by atoms with E-state index in [0.717, 1.165) is 79.4 Å². The number of hydrogen-bond acceptors (Lipinski definition) is 4. The molecule has 8 heteroatoms. The van der Waals surface area contributed by atoms with E-state index in [0.29, 0.717) is 12.6 Å². The molecule has 1 N–H and O–H groups in total. The molecule has 4 heterocycles. The Kier molecular flexibility index (Phi) is 6.12. The van der Waals surface area contributed by atoms with E-state index in [1.54, 1.807) is 0 Å². The maximum absolute atomic E-state index is 13.6. The normalized spacial score (nSPS) is 19.0. The second-order valence-electron chi connectivity index (χ2n) is 11.9. The summed E-state index contributed by atoms with van der Waals surface area (Å²) in [5.41, 5.74) is 8.05. The molecule has 6 rings (SSSR count). The maximum Gasteiger partial charge on any atom is 0.237 e. The van der Waals surface area contributed by atoms with Gasteiger partial charge in [0.25, 0.3) is 0 Å². The number of carbonyl (C=O) groups excluding carboxylic acids is 1. The van der Waals surface area contributed by atoms with Crippen LogP contribution in [0.2, 0.25) is 25.7 Å². The second-order valence-corrected chi connectivity index (χ2v) is 18.7. The van der Waals surface area contributed by atoms with Gasteiger partial charge in [-0.15, -0.1) is 0 Å². The summed E-state index contributed by atoms with van der Waals surface area (Å²) in [6, 6.07) is 5.78. The van der Waals surface area contributed by atoms with E-state index in [2.05, 4.69) is 49.9 Å². The largest absolute Gasteiger partial charge is 0.360 e. The molecule has 0 atom stereocenters. The lowest BCUT2D eigenvalue weighted by atomic mass is 9.76. The Morgan fingerprint density at radius 2 is 2.00 bits per heavy atom. The van der Waals surface area contributed by atoms with Gasteiger partial charge < -0.3 is 14.6 Å². The van der Waals surface area contributed by atoms with Crippen molar-refractivity contribution < 1.29 is 9.53 Å². The van der Waals surface area contributed by atoms with Gasteiger partial charge in [-0.1, -0.05) is 19.6 Å². The highest BCUT2D eigenvalue weighted by Crippen LogP contribution is 2.51. The van der Waals surface area contributed by atoms with Gasteiger partial charge in [-0.25, -0.2) is 4.68 Å². The first-order valence-electron chi connectivity index (χ1n) is 13.5. The molecular formula is C28H38N4O2SSi. The molecule has 1 saturated heterocycles. The molecule has 192 valence electrons. The van der Waals surface area contributed by atoms with Crippen LogP contribution in [0.25, 0.3) is 22.3 Å². The van der Waals surface area contributed by atoms with Gasteiger partial charge in [0, 0.05) is 44.0 Å². The molecule has 3 aliphatic rings. The lowest BCUT2D eigenvalue weighted by Crippen LogP contribution is -2.42. The molecule has 1 aromatic carbocycles. The summed E-state index contributed by atoms with van der Waals surface area (Å²) in [6.07, 6.45) is 7.22. The Balaban J connectivity index is 1.37. The summed E-state index contributed by atoms with van der Waals surface area (Å²) in [4.78, 5) is 19.4. The average Bonchev–Trinajstić information content (AvgIpc) is 3.44. The van der Waals surface area contributed by atoms with Crippen molar-refractivity contribution in [2.75, 3.05) is 29.6 Å². The first-order valence-corrected chi connectivity index (χ1v) is 18.4. The number of H-pyrrole nitrogens is 1. The van der Waals surface area contributed by atoms with Gasteiger partial charge in [-0.2, -0.15) is 16.9 Å². The number of carbonyl (C=O) groups is 1. The molecule has 36 heavy (non-hydrogen) atoms. The van der Waals surface area contributed by atoms with Crippen molar-refractivity contribution in [3.63, 3.8) is 0 Å². The highest BCUT2D eigenvalue weighted by atomic mass is 32.2. The van der Waals surface area contributed by atoms with Gasteiger partial charge in [0.05, 0.1) is 11.1 Å². The zero-order chi connectivity index (χ0) is 25.1. The summed E-state index contributed by atoms with van der Waals surface area (Å²) in [5.74, 6) is 2.43. The number of benzene rings is 1. The van der Waals surface area contributed by atoms with Gasteiger partial charge in [0.2, 0.25) is 5.91 Å². The quantitative estimate of drug-likeness (QED) is 0.320. The molecular weight excluding hydrogens is 484 g/mol. The maximum atomic E-state index is 13.6. The van der Waals surface area contributed by atoms with Crippen molar-refractivity contribution in [2.45, 2.75) is 76.9 Å². The van der Waals surface area contributed by atoms with Crippen molar-refractivity contribution in [1.82, 2.24) is 14.8 Å². The fourth-order valence-electron chi connectivity index (χ4n) is 6.27. The Bertz CT molecular complexity index is 1320. The number of hydrogen-bond donors (Lipinski definition) is 1. The third-order valence-corrected chi connectivity index (χ3v) is 11.0. The Labute approximate surface area is 219 Å². The third-order valence-electron chi connectivity index (χ3n) is 8.31. The van der Waals surface area contributed by atoms with Crippen molar-refractivity contribution >= 4 is 42.3 Å². The van der Waals surface area contributed by atoms with E-state index in [1.807, 2.05) is 21.3 Å². The fourth-order valence-corrected chi connectivity index (χ4v) is 8.22. The SMILES string of the molecule is CCN1C(=O)C2(CCSCC2)c2cc3[nH]c4c(c3cc21)CCCc1cn(COCC[Si](C)(C)C)nc1-4. The number of fused-ring (bicyclic) bond motifs is 7. The van der Waals surface area contributed by atoms with E-state index in [1.165, 1.54) is 28.1 Å². The first kappa shape index (κ1) is 24.3. The third kappa shape index (κ3) is 3.96. The lowest BCUT2D eigenvalue weighted by Gasteiger charge is -2.32. The topological polar surface area (TPSA) is 63.2 Å². The van der Waals surface area contributed by atoms with Gasteiger partial charge in [0.1, 0.15) is 12.4 Å². The molecule has 0 saturated carbocycles. The summed E-state index contributed by atoms with van der Waals surface area (Å²) >= 11 is 1.97. The average molecular weight is 523 g/mol. The van der Waals surface area contributed by atoms with Crippen LogP contribution in [-0.2, 0) is 34.5 Å². The van der Waals surface area contributed by atoms with E-state index < -0.39 is 8.07 Å². The summed E-state index contributed by atoms with van der Waals surface area (Å²) < 4.78 is 7.96. The van der Waals surface area contributed by atoms with Crippen LogP contribution in [0.1, 0.15) is 42.9 Å². The van der Waals surface area contributed by atoms with Crippen LogP contribution in [0.5, 0.6) is 0 Å². The van der Waals surface area contributed by atoms with E-state index >= 15 is 0 Å². The number of rotatable bonds is 6. The Morgan fingerprint density at radius 3 is 2.75 bits per heavy atom. The van der Waals surface area contributed by atoms with E-state index in [9.17, 15) is 4.79 Å². The van der Waals surface area contributed by atoms with Crippen molar-refractivity contribution in [2.24, 2.45) is 0 Å². The van der Waals surface area contributed by atoms with Crippen molar-refractivity contribution in [3.05, 3.63) is 35.0 Å². The predicted octanol–water partition coefficient (Wildman–Crippen LogP) is 5.96. The van der Waals surface area contributed by atoms with Crippen LogP contribution < -0.4 is 4.90 Å². The van der Waals surface area contributed by atoms with Crippen LogP contribution in [0, 0.1) is 0 Å². The number of ether oxygens (including phenoxy) is 1. The monoisotopic (exact) mass is 522 g/mol. The number of amides is 1. The molecule has 0 bridgehead atoms. The van der Waals surface area contributed by atoms with E-state index in [-0.39, 0.29) is 5.41 Å². The molecule has 0 radical (unpaired) electrons. The van der Waals surface area contributed by atoms with Gasteiger partial charge in [0.15, 0.2) is 0 Å². The number of aromatic nitrogens is 3.